The van der Waals surface area contributed by atoms with Crippen molar-refractivity contribution in [3.05, 3.63) is 40.8 Å². The molecule has 1 aliphatic heterocycles. The number of fused-ring (bicyclic) bond motifs is 1. The molecule has 1 aromatic heterocycles. The van der Waals surface area contributed by atoms with Gasteiger partial charge in [-0.15, -0.1) is 0 Å². The average Bonchev–Trinajstić information content (AvgIpc) is 3.01. The first kappa shape index (κ1) is 15.8. The Morgan fingerprint density at radius 1 is 1.33 bits per heavy atom. The molecule has 2 aromatic rings. The predicted molar refractivity (Wildman–Crippen MR) is 83.4 cm³/mol. The molecule has 0 fully saturated rings. The molecule has 1 amide bonds. The molecule has 3 rings (SSSR count). The third-order valence-corrected chi connectivity index (χ3v) is 3.66. The number of rotatable bonds is 4. The zero-order valence-corrected chi connectivity index (χ0v) is 13.0. The second-order valence-electron chi connectivity index (χ2n) is 4.86. The van der Waals surface area contributed by atoms with Crippen LogP contribution < -0.4 is 14.4 Å². The Morgan fingerprint density at radius 3 is 2.75 bits per heavy atom. The Kier molecular flexibility index (Phi) is 4.35. The summed E-state index contributed by atoms with van der Waals surface area (Å²) in [5.74, 6) is 1.21. The summed E-state index contributed by atoms with van der Waals surface area (Å²) in [5.41, 5.74) is 1.07. The molecule has 24 heavy (non-hydrogen) atoms. The molecule has 0 atom stereocenters. The Hall–Kier alpha value is -3.05. The fourth-order valence-electron chi connectivity index (χ4n) is 2.31. The van der Waals surface area contributed by atoms with Gasteiger partial charge in [-0.25, -0.2) is 14.8 Å². The van der Waals surface area contributed by atoms with Crippen LogP contribution in [-0.2, 0) is 6.42 Å². The van der Waals surface area contributed by atoms with Crippen LogP contribution in [0.15, 0.2) is 24.5 Å². The van der Waals surface area contributed by atoms with Gasteiger partial charge in [0.2, 0.25) is 6.79 Å². The normalized spacial score (nSPS) is 11.8. The second kappa shape index (κ2) is 6.60. The van der Waals surface area contributed by atoms with Gasteiger partial charge in [0.05, 0.1) is 11.6 Å². The van der Waals surface area contributed by atoms with Crippen LogP contribution in [0.2, 0.25) is 5.15 Å². The summed E-state index contributed by atoms with van der Waals surface area (Å²) < 4.78 is 10.5. The number of carbonyl (C=O) groups is 1. The number of halogens is 1. The van der Waals surface area contributed by atoms with Crippen LogP contribution in [0, 0.1) is 11.3 Å². The van der Waals surface area contributed by atoms with Crippen LogP contribution in [0.1, 0.15) is 11.1 Å². The highest BCUT2D eigenvalue weighted by molar-refractivity contribution is 6.29. The van der Waals surface area contributed by atoms with Gasteiger partial charge in [0, 0.05) is 18.7 Å². The predicted octanol–water partition coefficient (Wildman–Crippen LogP) is 2.46. The lowest BCUT2D eigenvalue weighted by Gasteiger charge is -2.18. The van der Waals surface area contributed by atoms with Crippen LogP contribution in [-0.4, -0.2) is 34.5 Å². The Morgan fingerprint density at radius 2 is 2.08 bits per heavy atom. The van der Waals surface area contributed by atoms with Gasteiger partial charge in [-0.1, -0.05) is 11.6 Å². The Bertz CT molecular complexity index is 837. The van der Waals surface area contributed by atoms with Gasteiger partial charge >= 0.3 is 6.09 Å². The van der Waals surface area contributed by atoms with Crippen molar-refractivity contribution in [2.75, 3.05) is 18.2 Å². The summed E-state index contributed by atoms with van der Waals surface area (Å²) in [6.07, 6.45) is 0.312. The SMILES string of the molecule is N#Cc1cc2c(cc1CCN(C(=O)O)c1cc(Cl)ncn1)OCO2. The van der Waals surface area contributed by atoms with E-state index < -0.39 is 6.09 Å². The number of anilines is 1. The molecule has 0 radical (unpaired) electrons. The topological polar surface area (TPSA) is 109 Å². The number of aromatic nitrogens is 2. The minimum atomic E-state index is -1.18. The maximum atomic E-state index is 11.5. The van der Waals surface area contributed by atoms with Crippen molar-refractivity contribution in [3.63, 3.8) is 0 Å². The van der Waals surface area contributed by atoms with Gasteiger partial charge in [-0.3, -0.25) is 4.90 Å². The van der Waals surface area contributed by atoms with Crippen molar-refractivity contribution >= 4 is 23.5 Å². The first-order valence-corrected chi connectivity index (χ1v) is 7.27. The Balaban J connectivity index is 1.83. The van der Waals surface area contributed by atoms with E-state index in [1.165, 1.54) is 12.4 Å². The standard InChI is InChI=1S/C15H11ClN4O4/c16-13-5-14(19-7-18-13)20(15(21)22)2-1-9-3-11-12(24-8-23-11)4-10(9)6-17/h3-5,7H,1-2,8H2,(H,21,22). The van der Waals surface area contributed by atoms with E-state index in [1.807, 2.05) is 0 Å². The number of carboxylic acid groups (broad SMARTS) is 1. The smallest absolute Gasteiger partial charge is 0.413 e. The van der Waals surface area contributed by atoms with Crippen molar-refractivity contribution in [1.82, 2.24) is 9.97 Å². The summed E-state index contributed by atoms with van der Waals surface area (Å²) in [6.45, 7) is 0.196. The summed E-state index contributed by atoms with van der Waals surface area (Å²) in [7, 11) is 0. The molecular weight excluding hydrogens is 336 g/mol. The fourth-order valence-corrected chi connectivity index (χ4v) is 2.45. The van der Waals surface area contributed by atoms with Gasteiger partial charge in [0.25, 0.3) is 0 Å². The molecule has 0 aliphatic carbocycles. The number of benzene rings is 1. The molecule has 0 bridgehead atoms. The highest BCUT2D eigenvalue weighted by atomic mass is 35.5. The third-order valence-electron chi connectivity index (χ3n) is 3.45. The van der Waals surface area contributed by atoms with Gasteiger partial charge in [-0.05, 0) is 18.1 Å². The average molecular weight is 347 g/mol. The van der Waals surface area contributed by atoms with Crippen LogP contribution in [0.3, 0.4) is 0 Å². The summed E-state index contributed by atoms with van der Waals surface area (Å²) in [4.78, 5) is 20.2. The lowest BCUT2D eigenvalue weighted by molar-refractivity contribution is 0.174. The van der Waals surface area contributed by atoms with Gasteiger partial charge in [-0.2, -0.15) is 5.26 Å². The molecule has 1 aromatic carbocycles. The molecule has 8 nitrogen and oxygen atoms in total. The fraction of sp³-hybridized carbons (Fsp3) is 0.200. The van der Waals surface area contributed by atoms with Crippen LogP contribution >= 0.6 is 11.6 Å². The van der Waals surface area contributed by atoms with Crippen LogP contribution in [0.5, 0.6) is 11.5 Å². The van der Waals surface area contributed by atoms with E-state index in [1.54, 1.807) is 12.1 Å². The van der Waals surface area contributed by atoms with Crippen molar-refractivity contribution in [2.45, 2.75) is 6.42 Å². The van der Waals surface area contributed by atoms with Crippen molar-refractivity contribution in [1.29, 1.82) is 5.26 Å². The summed E-state index contributed by atoms with van der Waals surface area (Å²) in [6, 6.07) is 6.72. The minimum Gasteiger partial charge on any atom is -0.465 e. The largest absolute Gasteiger partial charge is 0.465 e. The third kappa shape index (κ3) is 3.16. The molecule has 0 unspecified atom stereocenters. The van der Waals surface area contributed by atoms with E-state index in [9.17, 15) is 15.2 Å². The number of amides is 1. The first-order valence-electron chi connectivity index (χ1n) is 6.89. The number of hydrogen-bond donors (Lipinski definition) is 1. The zero-order chi connectivity index (χ0) is 17.1. The van der Waals surface area contributed by atoms with E-state index in [0.717, 1.165) is 4.90 Å². The van der Waals surface area contributed by atoms with Crippen LogP contribution in [0.4, 0.5) is 10.6 Å². The summed E-state index contributed by atoms with van der Waals surface area (Å²) in [5, 5.41) is 18.8. The maximum Gasteiger partial charge on any atom is 0.413 e. The lowest BCUT2D eigenvalue weighted by Crippen LogP contribution is -2.32. The van der Waals surface area contributed by atoms with E-state index in [0.29, 0.717) is 29.0 Å². The van der Waals surface area contributed by atoms with E-state index in [2.05, 4.69) is 16.0 Å². The molecule has 0 saturated heterocycles. The van der Waals surface area contributed by atoms with Crippen molar-refractivity contribution in [2.24, 2.45) is 0 Å². The monoisotopic (exact) mass is 346 g/mol. The van der Waals surface area contributed by atoms with E-state index >= 15 is 0 Å². The first-order chi connectivity index (χ1) is 11.6. The van der Waals surface area contributed by atoms with Crippen molar-refractivity contribution < 1.29 is 19.4 Å². The van der Waals surface area contributed by atoms with Gasteiger partial charge in [0.15, 0.2) is 11.5 Å². The highest BCUT2D eigenvalue weighted by Gasteiger charge is 2.20. The quantitative estimate of drug-likeness (QED) is 0.847. The summed E-state index contributed by atoms with van der Waals surface area (Å²) >= 11 is 5.78. The van der Waals surface area contributed by atoms with Crippen LogP contribution in [0.25, 0.3) is 0 Å². The lowest BCUT2D eigenvalue weighted by atomic mass is 10.0. The molecule has 0 saturated carbocycles. The molecule has 122 valence electrons. The maximum absolute atomic E-state index is 11.5. The van der Waals surface area contributed by atoms with Crippen molar-refractivity contribution in [3.8, 4) is 17.6 Å². The Labute approximate surface area is 141 Å². The van der Waals surface area contributed by atoms with E-state index in [4.69, 9.17) is 21.1 Å². The van der Waals surface area contributed by atoms with Gasteiger partial charge in [0.1, 0.15) is 17.3 Å². The number of ether oxygens (including phenoxy) is 2. The molecule has 0 spiro atoms. The molecule has 1 aliphatic rings. The zero-order valence-electron chi connectivity index (χ0n) is 12.3. The molecule has 2 heterocycles. The highest BCUT2D eigenvalue weighted by Crippen LogP contribution is 2.35. The van der Waals surface area contributed by atoms with E-state index in [-0.39, 0.29) is 24.3 Å². The number of hydrogen-bond acceptors (Lipinski definition) is 6. The molecule has 9 heteroatoms. The second-order valence-corrected chi connectivity index (χ2v) is 5.24. The number of nitrogens with zero attached hydrogens (tertiary/aromatic N) is 4. The van der Waals surface area contributed by atoms with Gasteiger partial charge < -0.3 is 14.6 Å². The molecule has 1 N–H and O–H groups in total. The molecular formula is C15H11ClN4O4. The minimum absolute atomic E-state index is 0.0942. The number of nitriles is 1.